The maximum atomic E-state index is 12.9. The van der Waals surface area contributed by atoms with Crippen molar-refractivity contribution in [1.29, 1.82) is 0 Å². The molecule has 0 radical (unpaired) electrons. The van der Waals surface area contributed by atoms with E-state index in [4.69, 9.17) is 21.1 Å². The molecule has 0 aliphatic carbocycles. The highest BCUT2D eigenvalue weighted by atomic mass is 16.4. The van der Waals surface area contributed by atoms with Gasteiger partial charge in [-0.2, -0.15) is 0 Å². The average molecular weight is 484 g/mol. The summed E-state index contributed by atoms with van der Waals surface area (Å²) in [5.74, 6) is -6.35. The van der Waals surface area contributed by atoms with E-state index in [0.717, 1.165) is 0 Å². The van der Waals surface area contributed by atoms with Crippen molar-refractivity contribution in [2.24, 2.45) is 5.73 Å². The van der Waals surface area contributed by atoms with Crippen LogP contribution in [0.2, 0.25) is 0 Å². The molecule has 188 valence electrons. The zero-order valence-electron chi connectivity index (χ0n) is 18.3. The van der Waals surface area contributed by atoms with Gasteiger partial charge in [0.05, 0.1) is 12.4 Å². The highest BCUT2D eigenvalue weighted by molar-refractivity contribution is 5.94. The number of imidazole rings is 1. The number of aromatic amines is 1. The summed E-state index contributed by atoms with van der Waals surface area (Å²) in [6.07, 6.45) is 1.15. The minimum absolute atomic E-state index is 0.109. The second-order valence-corrected chi connectivity index (χ2v) is 7.44. The van der Waals surface area contributed by atoms with E-state index in [-0.39, 0.29) is 19.3 Å². The number of carboxylic acids is 3. The van der Waals surface area contributed by atoms with Crippen LogP contribution in [0.15, 0.2) is 12.5 Å². The second-order valence-electron chi connectivity index (χ2n) is 7.44. The molecule has 0 aliphatic heterocycles. The number of nitrogens with zero attached hydrogens (tertiary/aromatic N) is 1. The van der Waals surface area contributed by atoms with Gasteiger partial charge in [0.15, 0.2) is 0 Å². The van der Waals surface area contributed by atoms with Crippen molar-refractivity contribution in [3.63, 3.8) is 0 Å². The summed E-state index contributed by atoms with van der Waals surface area (Å²) in [6, 6.07) is -5.23. The lowest BCUT2D eigenvalue weighted by Gasteiger charge is -2.24. The molecule has 0 saturated carbocycles. The maximum Gasteiger partial charge on any atom is 0.325 e. The van der Waals surface area contributed by atoms with Crippen LogP contribution in [0.3, 0.4) is 0 Å². The third-order valence-corrected chi connectivity index (χ3v) is 4.63. The highest BCUT2D eigenvalue weighted by Gasteiger charge is 2.30. The Bertz CT molecular complexity index is 889. The molecule has 15 nitrogen and oxygen atoms in total. The van der Waals surface area contributed by atoms with E-state index in [9.17, 15) is 28.8 Å². The van der Waals surface area contributed by atoms with Gasteiger partial charge in [-0.05, 0) is 19.8 Å². The Hall–Kier alpha value is -4.01. The van der Waals surface area contributed by atoms with Crippen LogP contribution in [-0.2, 0) is 35.2 Å². The summed E-state index contributed by atoms with van der Waals surface area (Å²) < 4.78 is 0. The number of nitrogens with one attached hydrogen (secondary N) is 4. The van der Waals surface area contributed by atoms with Crippen LogP contribution in [0, 0.1) is 0 Å². The fourth-order valence-corrected chi connectivity index (χ4v) is 2.70. The van der Waals surface area contributed by atoms with E-state index in [1.165, 1.54) is 19.4 Å². The Morgan fingerprint density at radius 2 is 1.47 bits per heavy atom. The van der Waals surface area contributed by atoms with Gasteiger partial charge in [0, 0.05) is 31.2 Å². The Kier molecular flexibility index (Phi) is 11.1. The monoisotopic (exact) mass is 484 g/mol. The third kappa shape index (κ3) is 10.1. The Morgan fingerprint density at radius 3 is 2.00 bits per heavy atom. The summed E-state index contributed by atoms with van der Waals surface area (Å²) in [4.78, 5) is 77.0. The fourth-order valence-electron chi connectivity index (χ4n) is 2.70. The van der Waals surface area contributed by atoms with Crippen molar-refractivity contribution < 1.29 is 44.1 Å². The molecule has 4 unspecified atom stereocenters. The number of carbonyl (C=O) groups is 6. The minimum atomic E-state index is -1.41. The molecular formula is C19H28N6O9. The number of aliphatic carboxylic acids is 3. The first-order chi connectivity index (χ1) is 15.9. The number of hydrogen-bond acceptors (Lipinski definition) is 8. The van der Waals surface area contributed by atoms with Crippen molar-refractivity contribution in [1.82, 2.24) is 25.9 Å². The van der Waals surface area contributed by atoms with E-state index in [1.54, 1.807) is 0 Å². The molecule has 34 heavy (non-hydrogen) atoms. The van der Waals surface area contributed by atoms with Crippen LogP contribution in [0.25, 0.3) is 0 Å². The zero-order chi connectivity index (χ0) is 25.8. The maximum absolute atomic E-state index is 12.9. The van der Waals surface area contributed by atoms with Crippen LogP contribution in [0.5, 0.6) is 0 Å². The SMILES string of the molecule is CC(NC(=O)C(Cc1cnc[nH]1)NC(=O)C(CCC(=O)O)NC(=O)C(N)CCC(=O)O)C(=O)O. The zero-order valence-corrected chi connectivity index (χ0v) is 18.3. The van der Waals surface area contributed by atoms with Gasteiger partial charge in [0.2, 0.25) is 17.7 Å². The molecule has 0 aliphatic rings. The summed E-state index contributed by atoms with van der Waals surface area (Å²) in [7, 11) is 0. The van der Waals surface area contributed by atoms with E-state index in [0.29, 0.717) is 5.69 Å². The number of carboxylic acid groups (broad SMARTS) is 3. The number of carbonyl (C=O) groups excluding carboxylic acids is 3. The number of nitrogens with two attached hydrogens (primary N) is 1. The topological polar surface area (TPSA) is 254 Å². The number of amides is 3. The number of aromatic nitrogens is 2. The summed E-state index contributed by atoms with van der Waals surface area (Å²) in [5.41, 5.74) is 6.07. The highest BCUT2D eigenvalue weighted by Crippen LogP contribution is 2.05. The molecular weight excluding hydrogens is 456 g/mol. The van der Waals surface area contributed by atoms with Crippen molar-refractivity contribution in [3.05, 3.63) is 18.2 Å². The van der Waals surface area contributed by atoms with E-state index >= 15 is 0 Å². The van der Waals surface area contributed by atoms with Gasteiger partial charge in [-0.3, -0.25) is 28.8 Å². The minimum Gasteiger partial charge on any atom is -0.481 e. The first kappa shape index (κ1) is 28.0. The van der Waals surface area contributed by atoms with Gasteiger partial charge in [0.1, 0.15) is 18.1 Å². The van der Waals surface area contributed by atoms with Crippen molar-refractivity contribution in [2.75, 3.05) is 0 Å². The van der Waals surface area contributed by atoms with Gasteiger partial charge >= 0.3 is 17.9 Å². The van der Waals surface area contributed by atoms with Crippen LogP contribution < -0.4 is 21.7 Å². The molecule has 4 atom stereocenters. The lowest BCUT2D eigenvalue weighted by atomic mass is 10.1. The largest absolute Gasteiger partial charge is 0.481 e. The average Bonchev–Trinajstić information content (AvgIpc) is 3.26. The van der Waals surface area contributed by atoms with Crippen LogP contribution in [-0.4, -0.2) is 85.1 Å². The van der Waals surface area contributed by atoms with Crippen LogP contribution in [0.4, 0.5) is 0 Å². The van der Waals surface area contributed by atoms with E-state index in [2.05, 4.69) is 25.9 Å². The quantitative estimate of drug-likeness (QED) is 0.130. The standard InChI is InChI=1S/C19H28N6O9/c1-9(19(33)34)23-18(32)13(6-10-7-21-8-22-10)25-17(31)12(3-5-15(28)29)24-16(30)11(20)2-4-14(26)27/h7-9,11-13H,2-6,20H2,1H3,(H,21,22)(H,23,32)(H,24,30)(H,25,31)(H,26,27)(H,28,29)(H,33,34). The van der Waals surface area contributed by atoms with Gasteiger partial charge < -0.3 is 42.0 Å². The number of hydrogen-bond donors (Lipinski definition) is 8. The number of rotatable bonds is 15. The molecule has 15 heteroatoms. The molecule has 0 fully saturated rings. The van der Waals surface area contributed by atoms with Gasteiger partial charge in [-0.25, -0.2) is 4.98 Å². The van der Waals surface area contributed by atoms with E-state index < -0.39 is 72.6 Å². The van der Waals surface area contributed by atoms with Gasteiger partial charge in [-0.15, -0.1) is 0 Å². The fraction of sp³-hybridized carbons (Fsp3) is 0.526. The summed E-state index contributed by atoms with van der Waals surface area (Å²) in [5, 5.41) is 33.6. The van der Waals surface area contributed by atoms with Gasteiger partial charge in [-0.1, -0.05) is 0 Å². The Morgan fingerprint density at radius 1 is 0.912 bits per heavy atom. The molecule has 1 heterocycles. The normalized spacial score (nSPS) is 14.2. The second kappa shape index (κ2) is 13.5. The predicted octanol–water partition coefficient (Wildman–Crippen LogP) is -2.43. The number of H-pyrrole nitrogens is 1. The van der Waals surface area contributed by atoms with Crippen molar-refractivity contribution in [2.45, 2.75) is 63.2 Å². The van der Waals surface area contributed by atoms with Crippen molar-refractivity contribution in [3.8, 4) is 0 Å². The Balaban J connectivity index is 2.99. The van der Waals surface area contributed by atoms with Crippen LogP contribution in [0.1, 0.15) is 38.3 Å². The third-order valence-electron chi connectivity index (χ3n) is 4.63. The lowest BCUT2D eigenvalue weighted by Crippen LogP contribution is -2.57. The Labute approximate surface area is 193 Å². The van der Waals surface area contributed by atoms with Crippen molar-refractivity contribution >= 4 is 35.6 Å². The molecule has 0 bridgehead atoms. The molecule has 1 aromatic rings. The van der Waals surface area contributed by atoms with Gasteiger partial charge in [0.25, 0.3) is 0 Å². The predicted molar refractivity (Wildman–Crippen MR) is 113 cm³/mol. The summed E-state index contributed by atoms with van der Waals surface area (Å²) >= 11 is 0. The smallest absolute Gasteiger partial charge is 0.325 e. The molecule has 0 saturated heterocycles. The molecule has 0 spiro atoms. The molecule has 9 N–H and O–H groups in total. The van der Waals surface area contributed by atoms with E-state index in [1.807, 2.05) is 0 Å². The molecule has 0 aromatic carbocycles. The molecule has 1 rings (SSSR count). The van der Waals surface area contributed by atoms with Crippen LogP contribution >= 0.6 is 0 Å². The molecule has 1 aromatic heterocycles. The first-order valence-corrected chi connectivity index (χ1v) is 10.2. The first-order valence-electron chi connectivity index (χ1n) is 10.2. The molecule has 3 amide bonds. The lowest BCUT2D eigenvalue weighted by molar-refractivity contribution is -0.142. The summed E-state index contributed by atoms with van der Waals surface area (Å²) in [6.45, 7) is 1.23.